The Balaban J connectivity index is 1.71. The number of carbonyl (C=O) groups excluding carboxylic acids is 1. The summed E-state index contributed by atoms with van der Waals surface area (Å²) in [6, 6.07) is 12.9. The summed E-state index contributed by atoms with van der Waals surface area (Å²) in [5, 5.41) is 7.35. The topological polar surface area (TPSA) is 50.4 Å². The number of rotatable bonds is 8. The molecule has 1 amide bonds. The minimum Gasteiger partial charge on any atom is -0.495 e. The first-order chi connectivity index (χ1) is 11.6. The van der Waals surface area contributed by atoms with Gasteiger partial charge in [0.15, 0.2) is 0 Å². The summed E-state index contributed by atoms with van der Waals surface area (Å²) in [6.07, 6.45) is 1.23. The molecule has 128 valence electrons. The number of anilines is 1. The van der Waals surface area contributed by atoms with Crippen molar-refractivity contribution in [3.8, 4) is 5.75 Å². The van der Waals surface area contributed by atoms with Crippen molar-refractivity contribution in [3.05, 3.63) is 58.1 Å². The molecule has 2 rings (SSSR count). The first-order valence-electron chi connectivity index (χ1n) is 7.67. The highest BCUT2D eigenvalue weighted by atomic mass is 35.5. The van der Waals surface area contributed by atoms with Gasteiger partial charge in [-0.3, -0.25) is 4.79 Å². The normalized spacial score (nSPS) is 10.5. The quantitative estimate of drug-likeness (QED) is 0.689. The number of amides is 1. The van der Waals surface area contributed by atoms with Crippen molar-refractivity contribution < 1.29 is 9.53 Å². The first-order valence-corrected chi connectivity index (χ1v) is 8.42. The van der Waals surface area contributed by atoms with Gasteiger partial charge in [-0.05, 0) is 48.9 Å². The molecule has 0 fully saturated rings. The molecule has 6 heteroatoms. The van der Waals surface area contributed by atoms with Crippen LogP contribution >= 0.6 is 23.2 Å². The van der Waals surface area contributed by atoms with E-state index < -0.39 is 0 Å². The number of hydrogen-bond acceptors (Lipinski definition) is 3. The maximum absolute atomic E-state index is 12.0. The van der Waals surface area contributed by atoms with E-state index in [0.717, 1.165) is 18.0 Å². The molecule has 4 nitrogen and oxygen atoms in total. The molecular formula is C18H20Cl2N2O2. The average Bonchev–Trinajstić information content (AvgIpc) is 2.55. The molecule has 0 unspecified atom stereocenters. The molecule has 0 atom stereocenters. The molecule has 2 N–H and O–H groups in total. The number of methoxy groups -OCH3 is 1. The third-order valence-corrected chi connectivity index (χ3v) is 3.91. The SMILES string of the molecule is COc1ccc(Cl)cc1NC(=O)CCNCCc1cccc(Cl)c1. The van der Waals surface area contributed by atoms with Crippen LogP contribution in [0.4, 0.5) is 5.69 Å². The smallest absolute Gasteiger partial charge is 0.225 e. The fourth-order valence-electron chi connectivity index (χ4n) is 2.24. The summed E-state index contributed by atoms with van der Waals surface area (Å²) < 4.78 is 5.20. The van der Waals surface area contributed by atoms with Crippen LogP contribution in [0.1, 0.15) is 12.0 Å². The minimum atomic E-state index is -0.0918. The molecule has 0 heterocycles. The lowest BCUT2D eigenvalue weighted by molar-refractivity contribution is -0.116. The van der Waals surface area contributed by atoms with Gasteiger partial charge in [0.05, 0.1) is 12.8 Å². The summed E-state index contributed by atoms with van der Waals surface area (Å²) in [6.45, 7) is 1.38. The second-order valence-corrected chi connectivity index (χ2v) is 6.15. The third kappa shape index (κ3) is 6.04. The maximum atomic E-state index is 12.0. The largest absolute Gasteiger partial charge is 0.495 e. The van der Waals surface area contributed by atoms with Crippen LogP contribution in [-0.2, 0) is 11.2 Å². The highest BCUT2D eigenvalue weighted by Crippen LogP contribution is 2.27. The van der Waals surface area contributed by atoms with Gasteiger partial charge in [0, 0.05) is 23.0 Å². The van der Waals surface area contributed by atoms with Gasteiger partial charge in [-0.1, -0.05) is 35.3 Å². The number of hydrogen-bond donors (Lipinski definition) is 2. The number of halogens is 2. The summed E-state index contributed by atoms with van der Waals surface area (Å²) in [5.74, 6) is 0.493. The lowest BCUT2D eigenvalue weighted by Crippen LogP contribution is -2.23. The van der Waals surface area contributed by atoms with Crippen molar-refractivity contribution in [2.24, 2.45) is 0 Å². The number of nitrogens with one attached hydrogen (secondary N) is 2. The van der Waals surface area contributed by atoms with Crippen molar-refractivity contribution in [3.63, 3.8) is 0 Å². The van der Waals surface area contributed by atoms with Gasteiger partial charge in [0.2, 0.25) is 5.91 Å². The van der Waals surface area contributed by atoms with E-state index in [-0.39, 0.29) is 5.91 Å². The predicted molar refractivity (Wildman–Crippen MR) is 99.3 cm³/mol. The Morgan fingerprint density at radius 3 is 2.62 bits per heavy atom. The molecule has 0 aliphatic rings. The van der Waals surface area contributed by atoms with Crippen molar-refractivity contribution in [2.75, 3.05) is 25.5 Å². The highest BCUT2D eigenvalue weighted by molar-refractivity contribution is 6.31. The van der Waals surface area contributed by atoms with Gasteiger partial charge in [0.1, 0.15) is 5.75 Å². The standard InChI is InChI=1S/C18H20Cl2N2O2/c1-24-17-6-5-15(20)12-16(17)22-18(23)8-10-21-9-7-13-3-2-4-14(19)11-13/h2-6,11-12,21H,7-10H2,1H3,(H,22,23). The van der Waals surface area contributed by atoms with Crippen LogP contribution in [0, 0.1) is 0 Å². The zero-order valence-corrected chi connectivity index (χ0v) is 15.0. The fraction of sp³-hybridized carbons (Fsp3) is 0.278. The average molecular weight is 367 g/mol. The van der Waals surface area contributed by atoms with E-state index in [2.05, 4.69) is 10.6 Å². The molecule has 0 saturated carbocycles. The molecule has 0 bridgehead atoms. The molecule has 0 spiro atoms. The molecule has 0 aliphatic heterocycles. The van der Waals surface area contributed by atoms with E-state index in [1.54, 1.807) is 25.3 Å². The lowest BCUT2D eigenvalue weighted by Gasteiger charge is -2.11. The van der Waals surface area contributed by atoms with Gasteiger partial charge in [0.25, 0.3) is 0 Å². The van der Waals surface area contributed by atoms with E-state index in [1.807, 2.05) is 24.3 Å². The van der Waals surface area contributed by atoms with Crippen LogP contribution < -0.4 is 15.4 Å². The molecule has 2 aromatic carbocycles. The monoisotopic (exact) mass is 366 g/mol. The van der Waals surface area contributed by atoms with E-state index >= 15 is 0 Å². The number of benzene rings is 2. The number of ether oxygens (including phenoxy) is 1. The summed E-state index contributed by atoms with van der Waals surface area (Å²) >= 11 is 11.9. The lowest BCUT2D eigenvalue weighted by atomic mass is 10.1. The summed E-state index contributed by atoms with van der Waals surface area (Å²) in [4.78, 5) is 12.0. The van der Waals surface area contributed by atoms with E-state index in [4.69, 9.17) is 27.9 Å². The van der Waals surface area contributed by atoms with Crippen molar-refractivity contribution >= 4 is 34.8 Å². The Hall–Kier alpha value is -1.75. The molecule has 0 aromatic heterocycles. The Bertz CT molecular complexity index is 692. The Morgan fingerprint density at radius 2 is 1.88 bits per heavy atom. The van der Waals surface area contributed by atoms with Crippen molar-refractivity contribution in [2.45, 2.75) is 12.8 Å². The first kappa shape index (κ1) is 18.6. The van der Waals surface area contributed by atoms with E-state index in [1.165, 1.54) is 5.56 Å². The Morgan fingerprint density at radius 1 is 1.08 bits per heavy atom. The Labute approximate surface area is 152 Å². The number of carbonyl (C=O) groups is 1. The second kappa shape index (κ2) is 9.52. The zero-order valence-electron chi connectivity index (χ0n) is 13.4. The van der Waals surface area contributed by atoms with E-state index in [0.29, 0.717) is 29.4 Å². The van der Waals surface area contributed by atoms with Crippen LogP contribution in [0.25, 0.3) is 0 Å². The van der Waals surface area contributed by atoms with Gasteiger partial charge in [-0.15, -0.1) is 0 Å². The van der Waals surface area contributed by atoms with Crippen LogP contribution in [0.2, 0.25) is 10.0 Å². The van der Waals surface area contributed by atoms with Gasteiger partial charge < -0.3 is 15.4 Å². The van der Waals surface area contributed by atoms with Crippen LogP contribution in [0.3, 0.4) is 0 Å². The van der Waals surface area contributed by atoms with Gasteiger partial charge >= 0.3 is 0 Å². The van der Waals surface area contributed by atoms with Crippen molar-refractivity contribution in [1.29, 1.82) is 0 Å². The Kier molecular flexibility index (Phi) is 7.37. The van der Waals surface area contributed by atoms with Crippen LogP contribution in [0.15, 0.2) is 42.5 Å². The maximum Gasteiger partial charge on any atom is 0.225 e. The van der Waals surface area contributed by atoms with Gasteiger partial charge in [-0.25, -0.2) is 0 Å². The second-order valence-electron chi connectivity index (χ2n) is 5.27. The fourth-order valence-corrected chi connectivity index (χ4v) is 2.63. The van der Waals surface area contributed by atoms with Crippen molar-refractivity contribution in [1.82, 2.24) is 5.32 Å². The molecule has 2 aromatic rings. The molecular weight excluding hydrogens is 347 g/mol. The van der Waals surface area contributed by atoms with Gasteiger partial charge in [-0.2, -0.15) is 0 Å². The predicted octanol–water partition coefficient (Wildman–Crippen LogP) is 4.16. The van der Waals surface area contributed by atoms with E-state index in [9.17, 15) is 4.79 Å². The minimum absolute atomic E-state index is 0.0918. The molecule has 0 aliphatic carbocycles. The highest BCUT2D eigenvalue weighted by Gasteiger charge is 2.08. The summed E-state index contributed by atoms with van der Waals surface area (Å²) in [7, 11) is 1.55. The molecule has 24 heavy (non-hydrogen) atoms. The summed E-state index contributed by atoms with van der Waals surface area (Å²) in [5.41, 5.74) is 1.75. The van der Waals surface area contributed by atoms with Crippen LogP contribution in [-0.4, -0.2) is 26.1 Å². The van der Waals surface area contributed by atoms with Crippen LogP contribution in [0.5, 0.6) is 5.75 Å². The zero-order chi connectivity index (χ0) is 17.4. The molecule has 0 radical (unpaired) electrons. The molecule has 0 saturated heterocycles. The third-order valence-electron chi connectivity index (χ3n) is 3.44.